The van der Waals surface area contributed by atoms with Crippen molar-refractivity contribution in [3.8, 4) is 0 Å². The summed E-state index contributed by atoms with van der Waals surface area (Å²) in [6.45, 7) is 1.34. The van der Waals surface area contributed by atoms with Gasteiger partial charge in [-0.05, 0) is 24.9 Å². The van der Waals surface area contributed by atoms with E-state index in [0.717, 1.165) is 31.4 Å². The molecule has 1 aromatic carbocycles. The van der Waals surface area contributed by atoms with E-state index in [2.05, 4.69) is 0 Å². The monoisotopic (exact) mass is 278 g/mol. The number of nitro benzene ring substituents is 1. The van der Waals surface area contributed by atoms with Crippen LogP contribution in [-0.4, -0.2) is 35.5 Å². The molecule has 0 amide bonds. The average molecular weight is 278 g/mol. The van der Waals surface area contributed by atoms with Crippen molar-refractivity contribution in [2.75, 3.05) is 13.7 Å². The molecule has 0 aromatic heterocycles. The van der Waals surface area contributed by atoms with Crippen molar-refractivity contribution in [2.45, 2.75) is 31.8 Å². The van der Waals surface area contributed by atoms with Crippen LogP contribution >= 0.6 is 0 Å². The summed E-state index contributed by atoms with van der Waals surface area (Å²) in [7, 11) is 1.39. The third-order valence-electron chi connectivity index (χ3n) is 3.59. The highest BCUT2D eigenvalue weighted by Crippen LogP contribution is 2.22. The third kappa shape index (κ3) is 3.33. The SMILES string of the molecule is COC(=O)[C@H]1CCCCN1Cc1cccc([N+](=O)[O-])c1. The molecule has 1 aliphatic heterocycles. The summed E-state index contributed by atoms with van der Waals surface area (Å²) in [6, 6.07) is 6.30. The number of hydrogen-bond acceptors (Lipinski definition) is 5. The van der Waals surface area contributed by atoms with E-state index in [1.54, 1.807) is 12.1 Å². The van der Waals surface area contributed by atoms with Crippen molar-refractivity contribution < 1.29 is 14.5 Å². The quantitative estimate of drug-likeness (QED) is 0.479. The normalized spacial score (nSPS) is 19.6. The van der Waals surface area contributed by atoms with Crippen LogP contribution in [0.1, 0.15) is 24.8 Å². The van der Waals surface area contributed by atoms with Crippen LogP contribution in [-0.2, 0) is 16.1 Å². The Kier molecular flexibility index (Phi) is 4.68. The molecule has 0 saturated carbocycles. The molecule has 6 nitrogen and oxygen atoms in total. The smallest absolute Gasteiger partial charge is 0.323 e. The number of carbonyl (C=O) groups is 1. The molecule has 1 atom stereocenters. The van der Waals surface area contributed by atoms with E-state index in [-0.39, 0.29) is 17.7 Å². The van der Waals surface area contributed by atoms with Crippen LogP contribution in [0, 0.1) is 10.1 Å². The molecule has 0 aliphatic carbocycles. The highest BCUT2D eigenvalue weighted by molar-refractivity contribution is 5.75. The first-order valence-electron chi connectivity index (χ1n) is 6.67. The number of methoxy groups -OCH3 is 1. The molecule has 0 N–H and O–H groups in total. The molecule has 1 fully saturated rings. The van der Waals surface area contributed by atoms with E-state index >= 15 is 0 Å². The number of rotatable bonds is 4. The summed E-state index contributed by atoms with van der Waals surface area (Å²) in [5, 5.41) is 10.8. The van der Waals surface area contributed by atoms with E-state index in [0.29, 0.717) is 6.54 Å². The first-order chi connectivity index (χ1) is 9.61. The predicted molar refractivity (Wildman–Crippen MR) is 73.2 cm³/mol. The standard InChI is InChI=1S/C14H18N2O4/c1-20-14(17)13-7-2-3-8-15(13)10-11-5-4-6-12(9-11)16(18)19/h4-6,9,13H,2-3,7-8,10H2,1H3/t13-/m1/s1. The number of hydrogen-bond donors (Lipinski definition) is 0. The van der Waals surface area contributed by atoms with E-state index in [9.17, 15) is 14.9 Å². The van der Waals surface area contributed by atoms with Crippen molar-refractivity contribution in [3.05, 3.63) is 39.9 Å². The maximum Gasteiger partial charge on any atom is 0.323 e. The lowest BCUT2D eigenvalue weighted by molar-refractivity contribution is -0.384. The lowest BCUT2D eigenvalue weighted by Crippen LogP contribution is -2.44. The molecule has 1 saturated heterocycles. The molecule has 0 radical (unpaired) electrons. The Hall–Kier alpha value is -1.95. The van der Waals surface area contributed by atoms with Crippen molar-refractivity contribution in [1.82, 2.24) is 4.90 Å². The van der Waals surface area contributed by atoms with Crippen LogP contribution in [0.25, 0.3) is 0 Å². The minimum atomic E-state index is -0.405. The minimum absolute atomic E-state index is 0.0779. The van der Waals surface area contributed by atoms with Gasteiger partial charge in [-0.3, -0.25) is 19.8 Å². The number of non-ortho nitro benzene ring substituents is 1. The molecule has 2 rings (SSSR count). The fourth-order valence-corrected chi connectivity index (χ4v) is 2.59. The number of carbonyl (C=O) groups excluding carboxylic acids is 1. The van der Waals surface area contributed by atoms with Crippen molar-refractivity contribution >= 4 is 11.7 Å². The number of nitrogens with zero attached hydrogens (tertiary/aromatic N) is 2. The maximum atomic E-state index is 11.8. The number of likely N-dealkylation sites (tertiary alicyclic amines) is 1. The zero-order valence-corrected chi connectivity index (χ0v) is 11.4. The molecule has 0 spiro atoms. The Morgan fingerprint density at radius 1 is 1.50 bits per heavy atom. The van der Waals surface area contributed by atoms with Gasteiger partial charge in [0.1, 0.15) is 6.04 Å². The summed E-state index contributed by atoms with van der Waals surface area (Å²) in [4.78, 5) is 24.2. The number of piperidine rings is 1. The van der Waals surface area contributed by atoms with Crippen LogP contribution in [0.3, 0.4) is 0 Å². The van der Waals surface area contributed by atoms with Crippen LogP contribution in [0.15, 0.2) is 24.3 Å². The summed E-state index contributed by atoms with van der Waals surface area (Å²) in [6.07, 6.45) is 2.81. The van der Waals surface area contributed by atoms with E-state index in [1.807, 2.05) is 11.0 Å². The van der Waals surface area contributed by atoms with Crippen LogP contribution in [0.5, 0.6) is 0 Å². The van der Waals surface area contributed by atoms with Gasteiger partial charge in [0.25, 0.3) is 5.69 Å². The molecule has 20 heavy (non-hydrogen) atoms. The van der Waals surface area contributed by atoms with Crippen molar-refractivity contribution in [1.29, 1.82) is 0 Å². The second kappa shape index (κ2) is 6.47. The number of benzene rings is 1. The van der Waals surface area contributed by atoms with Gasteiger partial charge in [-0.25, -0.2) is 0 Å². The first kappa shape index (κ1) is 14.5. The molecule has 1 heterocycles. The first-order valence-corrected chi connectivity index (χ1v) is 6.67. The molecule has 1 aliphatic rings. The second-order valence-electron chi connectivity index (χ2n) is 4.93. The summed E-state index contributed by atoms with van der Waals surface area (Å²) >= 11 is 0. The Bertz CT molecular complexity index is 504. The molecule has 1 aromatic rings. The zero-order chi connectivity index (χ0) is 14.5. The molecule has 108 valence electrons. The van der Waals surface area contributed by atoms with Gasteiger partial charge in [-0.2, -0.15) is 0 Å². The van der Waals surface area contributed by atoms with Gasteiger partial charge in [0.15, 0.2) is 0 Å². The highest BCUT2D eigenvalue weighted by Gasteiger charge is 2.29. The topological polar surface area (TPSA) is 72.7 Å². The molecule has 0 unspecified atom stereocenters. The van der Waals surface area contributed by atoms with Gasteiger partial charge in [0, 0.05) is 18.7 Å². The molecular weight excluding hydrogens is 260 g/mol. The highest BCUT2D eigenvalue weighted by atomic mass is 16.6. The molecule has 0 bridgehead atoms. The summed E-state index contributed by atoms with van der Waals surface area (Å²) < 4.78 is 4.83. The van der Waals surface area contributed by atoms with E-state index < -0.39 is 4.92 Å². The number of nitro groups is 1. The Morgan fingerprint density at radius 2 is 2.30 bits per heavy atom. The minimum Gasteiger partial charge on any atom is -0.468 e. The third-order valence-corrected chi connectivity index (χ3v) is 3.59. The maximum absolute atomic E-state index is 11.8. The number of ether oxygens (including phenoxy) is 1. The number of esters is 1. The second-order valence-corrected chi connectivity index (χ2v) is 4.93. The largest absolute Gasteiger partial charge is 0.468 e. The van der Waals surface area contributed by atoms with Crippen molar-refractivity contribution in [3.63, 3.8) is 0 Å². The Morgan fingerprint density at radius 3 is 3.00 bits per heavy atom. The van der Waals surface area contributed by atoms with E-state index in [1.165, 1.54) is 13.2 Å². The summed E-state index contributed by atoms with van der Waals surface area (Å²) in [5.74, 6) is -0.227. The molecular formula is C14H18N2O4. The Labute approximate surface area is 117 Å². The van der Waals surface area contributed by atoms with Gasteiger partial charge in [-0.1, -0.05) is 18.6 Å². The van der Waals surface area contributed by atoms with Crippen LogP contribution in [0.4, 0.5) is 5.69 Å². The van der Waals surface area contributed by atoms with Gasteiger partial charge in [-0.15, -0.1) is 0 Å². The lowest BCUT2D eigenvalue weighted by atomic mass is 10.0. The fraction of sp³-hybridized carbons (Fsp3) is 0.500. The molecule has 6 heteroatoms. The van der Waals surface area contributed by atoms with E-state index in [4.69, 9.17) is 4.74 Å². The fourth-order valence-electron chi connectivity index (χ4n) is 2.59. The van der Waals surface area contributed by atoms with Crippen LogP contribution in [0.2, 0.25) is 0 Å². The van der Waals surface area contributed by atoms with Gasteiger partial charge >= 0.3 is 5.97 Å². The van der Waals surface area contributed by atoms with Gasteiger partial charge in [0.05, 0.1) is 12.0 Å². The van der Waals surface area contributed by atoms with Crippen LogP contribution < -0.4 is 0 Å². The van der Waals surface area contributed by atoms with Crippen molar-refractivity contribution in [2.24, 2.45) is 0 Å². The zero-order valence-electron chi connectivity index (χ0n) is 11.4. The average Bonchev–Trinajstić information content (AvgIpc) is 2.47. The summed E-state index contributed by atoms with van der Waals surface area (Å²) in [5.41, 5.74) is 0.920. The Balaban J connectivity index is 2.12. The van der Waals surface area contributed by atoms with Gasteiger partial charge < -0.3 is 4.74 Å². The lowest BCUT2D eigenvalue weighted by Gasteiger charge is -2.33. The predicted octanol–water partition coefficient (Wildman–Crippen LogP) is 2.12. The van der Waals surface area contributed by atoms with Gasteiger partial charge in [0.2, 0.25) is 0 Å².